The van der Waals surface area contributed by atoms with E-state index < -0.39 is 28.9 Å². The first kappa shape index (κ1) is 19.9. The Balaban J connectivity index is 1.86. The number of nitrogens with zero attached hydrogens (tertiary/aromatic N) is 1. The summed E-state index contributed by atoms with van der Waals surface area (Å²) in [6.07, 6.45) is -0.161. The van der Waals surface area contributed by atoms with E-state index in [1.165, 1.54) is 24.3 Å². The van der Waals surface area contributed by atoms with Crippen LogP contribution in [0.4, 0.5) is 11.4 Å². The molecule has 0 radical (unpaired) electrons. The van der Waals surface area contributed by atoms with Crippen LogP contribution in [0.15, 0.2) is 36.4 Å². The minimum Gasteiger partial charge on any atom is -0.480 e. The number of nitro groups is 1. The number of hydrogen-bond acceptors (Lipinski definition) is 5. The van der Waals surface area contributed by atoms with Crippen molar-refractivity contribution in [1.29, 1.82) is 0 Å². The molecule has 28 heavy (non-hydrogen) atoms. The first-order valence-corrected chi connectivity index (χ1v) is 9.01. The highest BCUT2D eigenvalue weighted by molar-refractivity contribution is 6.35. The molecule has 0 bridgehead atoms. The standard InChI is InChI=1S/C18H15Cl2N3O5/c19-10-6-11(20)17-12(7-10)21-14(18(25)26)8-13(17)22-16(24)5-9-3-1-2-4-15(9)23(27)28/h1-4,6-7,13-14,21H,5,8H2,(H,22,24)(H,25,26)/t13-,14+/m0/s1. The number of anilines is 1. The normalized spacial score (nSPS) is 17.9. The van der Waals surface area contributed by atoms with Crippen LogP contribution in [0.25, 0.3) is 0 Å². The fourth-order valence-corrected chi connectivity index (χ4v) is 3.83. The number of para-hydroxylation sites is 1. The van der Waals surface area contributed by atoms with Crippen LogP contribution in [-0.4, -0.2) is 27.9 Å². The second kappa shape index (κ2) is 8.04. The van der Waals surface area contributed by atoms with Crippen LogP contribution < -0.4 is 10.6 Å². The first-order valence-electron chi connectivity index (χ1n) is 8.26. The summed E-state index contributed by atoms with van der Waals surface area (Å²) in [6, 6.07) is 7.36. The predicted octanol–water partition coefficient (Wildman–Crippen LogP) is 3.57. The van der Waals surface area contributed by atoms with Crippen LogP contribution in [0.1, 0.15) is 23.6 Å². The van der Waals surface area contributed by atoms with Crippen molar-refractivity contribution in [1.82, 2.24) is 5.32 Å². The Morgan fingerprint density at radius 2 is 2.00 bits per heavy atom. The lowest BCUT2D eigenvalue weighted by atomic mass is 9.92. The topological polar surface area (TPSA) is 122 Å². The number of carboxylic acids is 1. The molecule has 0 saturated carbocycles. The van der Waals surface area contributed by atoms with E-state index in [2.05, 4.69) is 10.6 Å². The third-order valence-electron chi connectivity index (χ3n) is 4.42. The summed E-state index contributed by atoms with van der Waals surface area (Å²) in [5.74, 6) is -1.57. The van der Waals surface area contributed by atoms with E-state index in [1.54, 1.807) is 12.1 Å². The zero-order valence-corrected chi connectivity index (χ0v) is 15.8. The van der Waals surface area contributed by atoms with Crippen molar-refractivity contribution in [3.8, 4) is 0 Å². The molecule has 2 aromatic rings. The van der Waals surface area contributed by atoms with Gasteiger partial charge in [-0.2, -0.15) is 0 Å². The number of benzene rings is 2. The second-order valence-electron chi connectivity index (χ2n) is 6.30. The molecule has 0 aromatic heterocycles. The molecule has 146 valence electrons. The molecule has 0 spiro atoms. The first-order chi connectivity index (χ1) is 13.3. The lowest BCUT2D eigenvalue weighted by Crippen LogP contribution is -2.41. The molecule has 3 N–H and O–H groups in total. The van der Waals surface area contributed by atoms with Gasteiger partial charge in [-0.1, -0.05) is 41.4 Å². The summed E-state index contributed by atoms with van der Waals surface area (Å²) in [6.45, 7) is 0. The largest absolute Gasteiger partial charge is 0.480 e. The molecular weight excluding hydrogens is 409 g/mol. The van der Waals surface area contributed by atoms with Crippen LogP contribution in [0.2, 0.25) is 10.0 Å². The third-order valence-corrected chi connectivity index (χ3v) is 4.95. The molecule has 0 fully saturated rings. The van der Waals surface area contributed by atoms with Gasteiger partial charge >= 0.3 is 5.97 Å². The van der Waals surface area contributed by atoms with Crippen LogP contribution in [0, 0.1) is 10.1 Å². The van der Waals surface area contributed by atoms with Crippen molar-refractivity contribution in [2.75, 3.05) is 5.32 Å². The lowest BCUT2D eigenvalue weighted by molar-refractivity contribution is -0.385. The minimum absolute atomic E-state index is 0.0618. The van der Waals surface area contributed by atoms with Gasteiger partial charge < -0.3 is 15.7 Å². The fraction of sp³-hybridized carbons (Fsp3) is 0.222. The van der Waals surface area contributed by atoms with Crippen LogP contribution in [0.5, 0.6) is 0 Å². The van der Waals surface area contributed by atoms with Gasteiger partial charge in [0.15, 0.2) is 0 Å². The van der Waals surface area contributed by atoms with Gasteiger partial charge in [-0.15, -0.1) is 0 Å². The molecule has 10 heteroatoms. The van der Waals surface area contributed by atoms with Gasteiger partial charge in [-0.25, -0.2) is 4.79 Å². The maximum absolute atomic E-state index is 12.5. The summed E-state index contributed by atoms with van der Waals surface area (Å²) >= 11 is 12.3. The summed E-state index contributed by atoms with van der Waals surface area (Å²) in [7, 11) is 0. The van der Waals surface area contributed by atoms with Crippen molar-refractivity contribution in [2.45, 2.75) is 24.9 Å². The maximum atomic E-state index is 12.5. The zero-order chi connectivity index (χ0) is 20.4. The van der Waals surface area contributed by atoms with Gasteiger partial charge in [-0.3, -0.25) is 14.9 Å². The van der Waals surface area contributed by atoms with Gasteiger partial charge in [-0.05, 0) is 12.1 Å². The highest BCUT2D eigenvalue weighted by Gasteiger charge is 2.33. The quantitative estimate of drug-likeness (QED) is 0.499. The number of carboxylic acid groups (broad SMARTS) is 1. The Morgan fingerprint density at radius 1 is 1.29 bits per heavy atom. The van der Waals surface area contributed by atoms with Crippen LogP contribution >= 0.6 is 23.2 Å². The molecule has 0 saturated heterocycles. The van der Waals surface area contributed by atoms with Crippen molar-refractivity contribution in [3.05, 3.63) is 67.7 Å². The average molecular weight is 424 g/mol. The number of aliphatic carboxylic acids is 1. The summed E-state index contributed by atoms with van der Waals surface area (Å²) < 4.78 is 0. The monoisotopic (exact) mass is 423 g/mol. The SMILES string of the molecule is O=C(Cc1ccccc1[N+](=O)[O-])N[C@H]1C[C@H](C(=O)O)Nc2cc(Cl)cc(Cl)c21. The van der Waals surface area contributed by atoms with Gasteiger partial charge in [0.25, 0.3) is 5.69 Å². The van der Waals surface area contributed by atoms with Gasteiger partial charge in [0, 0.05) is 39.3 Å². The molecule has 1 aliphatic heterocycles. The van der Waals surface area contributed by atoms with E-state index in [9.17, 15) is 24.8 Å². The highest BCUT2D eigenvalue weighted by atomic mass is 35.5. The molecular formula is C18H15Cl2N3O5. The fourth-order valence-electron chi connectivity index (χ4n) is 3.21. The number of nitrogens with one attached hydrogen (secondary N) is 2. The van der Waals surface area contributed by atoms with Crippen LogP contribution in [0.3, 0.4) is 0 Å². The summed E-state index contributed by atoms with van der Waals surface area (Å²) in [5, 5.41) is 26.7. The van der Waals surface area contributed by atoms with E-state index >= 15 is 0 Å². The smallest absolute Gasteiger partial charge is 0.326 e. The van der Waals surface area contributed by atoms with E-state index in [0.29, 0.717) is 16.3 Å². The summed E-state index contributed by atoms with van der Waals surface area (Å²) in [5.41, 5.74) is 1.05. The summed E-state index contributed by atoms with van der Waals surface area (Å²) in [4.78, 5) is 34.6. The average Bonchev–Trinajstić information content (AvgIpc) is 2.60. The number of hydrogen-bond donors (Lipinski definition) is 3. The van der Waals surface area contributed by atoms with Gasteiger partial charge in [0.2, 0.25) is 5.91 Å². The van der Waals surface area contributed by atoms with Gasteiger partial charge in [0.05, 0.1) is 17.4 Å². The molecule has 3 rings (SSSR count). The van der Waals surface area contributed by atoms with E-state index in [-0.39, 0.29) is 29.1 Å². The predicted molar refractivity (Wildman–Crippen MR) is 104 cm³/mol. The van der Waals surface area contributed by atoms with Crippen molar-refractivity contribution in [2.24, 2.45) is 0 Å². The number of nitro benzene ring substituents is 1. The molecule has 1 aliphatic rings. The molecule has 1 amide bonds. The molecule has 0 unspecified atom stereocenters. The van der Waals surface area contributed by atoms with E-state index in [0.717, 1.165) is 0 Å². The number of carbonyl (C=O) groups is 2. The van der Waals surface area contributed by atoms with Crippen LogP contribution in [-0.2, 0) is 16.0 Å². The van der Waals surface area contributed by atoms with Crippen molar-refractivity contribution in [3.63, 3.8) is 0 Å². The Hall–Kier alpha value is -2.84. The number of amides is 1. The van der Waals surface area contributed by atoms with Crippen molar-refractivity contribution >= 4 is 46.5 Å². The van der Waals surface area contributed by atoms with E-state index in [1.807, 2.05) is 0 Å². The second-order valence-corrected chi connectivity index (χ2v) is 7.15. The van der Waals surface area contributed by atoms with Crippen molar-refractivity contribution < 1.29 is 19.6 Å². The highest BCUT2D eigenvalue weighted by Crippen LogP contribution is 2.40. The van der Waals surface area contributed by atoms with E-state index in [4.69, 9.17) is 23.2 Å². The maximum Gasteiger partial charge on any atom is 0.326 e. The number of fused-ring (bicyclic) bond motifs is 1. The molecule has 2 aromatic carbocycles. The third kappa shape index (κ3) is 4.18. The number of halogens is 2. The minimum atomic E-state index is -1.08. The molecule has 8 nitrogen and oxygen atoms in total. The Kier molecular flexibility index (Phi) is 5.71. The lowest BCUT2D eigenvalue weighted by Gasteiger charge is -2.32. The zero-order valence-electron chi connectivity index (χ0n) is 14.3. The number of rotatable bonds is 5. The Bertz CT molecular complexity index is 966. The molecule has 1 heterocycles. The number of carbonyl (C=O) groups excluding carboxylic acids is 1. The molecule has 0 aliphatic carbocycles. The van der Waals surface area contributed by atoms with Gasteiger partial charge in [0.1, 0.15) is 6.04 Å². The molecule has 2 atom stereocenters. The Morgan fingerprint density at radius 3 is 2.68 bits per heavy atom. The Labute approximate surface area is 169 Å².